The minimum atomic E-state index is -0.212. The van der Waals surface area contributed by atoms with E-state index in [1.807, 2.05) is 24.3 Å². The van der Waals surface area contributed by atoms with Crippen molar-refractivity contribution in [3.05, 3.63) is 83.7 Å². The van der Waals surface area contributed by atoms with Crippen molar-refractivity contribution >= 4 is 40.1 Å². The standard InChI is InChI=1S/C31H36N6O/c1-31(2,3)27-14-13-24(19-22(27)9-4-5-16-37-17-6-7-18-37)35-30(38)26-10-8-15-32-29(26)34-25-12-11-23-21-33-36-28(23)20-25/h4,8-15,19-21H,5-7,16-18H2,1-3H3,(H,32,34)(H,33,36)(H,35,38)/b9-4+. The monoisotopic (exact) mass is 508 g/mol. The maximum Gasteiger partial charge on any atom is 0.259 e. The number of nitrogens with one attached hydrogen (secondary N) is 3. The minimum absolute atomic E-state index is 0.00659. The van der Waals surface area contributed by atoms with Gasteiger partial charge in [0.25, 0.3) is 5.91 Å². The topological polar surface area (TPSA) is 85.9 Å². The van der Waals surface area contributed by atoms with Crippen molar-refractivity contribution in [3.8, 4) is 0 Å². The number of carbonyl (C=O) groups is 1. The summed E-state index contributed by atoms with van der Waals surface area (Å²) in [5.41, 5.74) is 5.35. The smallest absolute Gasteiger partial charge is 0.259 e. The van der Waals surface area contributed by atoms with Crippen LogP contribution in [-0.2, 0) is 5.41 Å². The molecule has 38 heavy (non-hydrogen) atoms. The molecule has 2 aromatic heterocycles. The molecule has 2 aromatic carbocycles. The zero-order valence-corrected chi connectivity index (χ0v) is 22.4. The second kappa shape index (κ2) is 11.2. The molecule has 3 heterocycles. The number of hydrogen-bond acceptors (Lipinski definition) is 5. The Kier molecular flexibility index (Phi) is 7.56. The molecular weight excluding hydrogens is 472 g/mol. The average Bonchev–Trinajstić information content (AvgIpc) is 3.58. The number of benzene rings is 2. The number of amides is 1. The summed E-state index contributed by atoms with van der Waals surface area (Å²) in [6.07, 6.45) is 11.6. The van der Waals surface area contributed by atoms with Crippen molar-refractivity contribution in [3.63, 3.8) is 0 Å². The van der Waals surface area contributed by atoms with Crippen molar-refractivity contribution in [2.45, 2.75) is 45.4 Å². The van der Waals surface area contributed by atoms with Crippen molar-refractivity contribution in [1.82, 2.24) is 20.1 Å². The highest BCUT2D eigenvalue weighted by Gasteiger charge is 2.19. The first-order valence-electron chi connectivity index (χ1n) is 13.4. The Morgan fingerprint density at radius 3 is 2.71 bits per heavy atom. The predicted octanol–water partition coefficient (Wildman–Crippen LogP) is 6.75. The normalized spacial score (nSPS) is 14.4. The Bertz CT molecular complexity index is 1440. The number of H-pyrrole nitrogens is 1. The van der Waals surface area contributed by atoms with Gasteiger partial charge in [-0.15, -0.1) is 0 Å². The Morgan fingerprint density at radius 2 is 1.89 bits per heavy atom. The highest BCUT2D eigenvalue weighted by atomic mass is 16.1. The number of carbonyl (C=O) groups excluding carboxylic acids is 1. The lowest BCUT2D eigenvalue weighted by atomic mass is 9.83. The number of likely N-dealkylation sites (tertiary alicyclic amines) is 1. The summed E-state index contributed by atoms with van der Waals surface area (Å²) in [6, 6.07) is 15.6. The van der Waals surface area contributed by atoms with E-state index in [9.17, 15) is 4.79 Å². The Balaban J connectivity index is 1.33. The Labute approximate surface area is 224 Å². The molecule has 1 fully saturated rings. The van der Waals surface area contributed by atoms with E-state index in [-0.39, 0.29) is 11.3 Å². The summed E-state index contributed by atoms with van der Waals surface area (Å²) in [5, 5.41) is 14.4. The number of nitrogens with zero attached hydrogens (tertiary/aromatic N) is 3. The van der Waals surface area contributed by atoms with E-state index in [1.54, 1.807) is 24.5 Å². The first-order chi connectivity index (χ1) is 18.4. The van der Waals surface area contributed by atoms with Crippen molar-refractivity contribution in [1.29, 1.82) is 0 Å². The van der Waals surface area contributed by atoms with Gasteiger partial charge in [0.05, 0.1) is 17.3 Å². The van der Waals surface area contributed by atoms with Crippen molar-refractivity contribution in [2.75, 3.05) is 30.3 Å². The molecule has 3 N–H and O–H groups in total. The molecule has 1 amide bonds. The number of aromatic amines is 1. The van der Waals surface area contributed by atoms with Gasteiger partial charge in [-0.05, 0) is 91.4 Å². The van der Waals surface area contributed by atoms with Crippen LogP contribution in [-0.4, -0.2) is 45.6 Å². The van der Waals surface area contributed by atoms with Crippen LogP contribution in [0.15, 0.2) is 67.0 Å². The third-order valence-electron chi connectivity index (χ3n) is 6.98. The number of rotatable bonds is 8. The van der Waals surface area contributed by atoms with Gasteiger partial charge in [-0.3, -0.25) is 9.89 Å². The number of aromatic nitrogens is 3. The van der Waals surface area contributed by atoms with Crippen LogP contribution in [0.2, 0.25) is 0 Å². The fraction of sp³-hybridized carbons (Fsp3) is 0.323. The lowest BCUT2D eigenvalue weighted by Gasteiger charge is -2.23. The number of anilines is 3. The fourth-order valence-corrected chi connectivity index (χ4v) is 4.97. The van der Waals surface area contributed by atoms with Gasteiger partial charge in [0.15, 0.2) is 0 Å². The predicted molar refractivity (Wildman–Crippen MR) is 156 cm³/mol. The first kappa shape index (κ1) is 25.7. The maximum atomic E-state index is 13.4. The molecule has 0 unspecified atom stereocenters. The van der Waals surface area contributed by atoms with Crippen LogP contribution in [0.25, 0.3) is 17.0 Å². The Morgan fingerprint density at radius 1 is 1.08 bits per heavy atom. The molecule has 7 nitrogen and oxygen atoms in total. The van der Waals surface area contributed by atoms with Gasteiger partial charge in [0.1, 0.15) is 5.82 Å². The number of hydrogen-bond donors (Lipinski definition) is 3. The number of fused-ring (bicyclic) bond motifs is 1. The summed E-state index contributed by atoms with van der Waals surface area (Å²) >= 11 is 0. The highest BCUT2D eigenvalue weighted by molar-refractivity contribution is 6.08. The zero-order chi connectivity index (χ0) is 26.5. The molecule has 0 aliphatic carbocycles. The van der Waals surface area contributed by atoms with E-state index < -0.39 is 0 Å². The van der Waals surface area contributed by atoms with Gasteiger partial charge >= 0.3 is 0 Å². The first-order valence-corrected chi connectivity index (χ1v) is 13.4. The lowest BCUT2D eigenvalue weighted by molar-refractivity contribution is 0.102. The second-order valence-electron chi connectivity index (χ2n) is 10.9. The highest BCUT2D eigenvalue weighted by Crippen LogP contribution is 2.30. The van der Waals surface area contributed by atoms with Crippen LogP contribution in [0.1, 0.15) is 61.5 Å². The van der Waals surface area contributed by atoms with E-state index in [4.69, 9.17) is 0 Å². The molecule has 196 valence electrons. The van der Waals surface area contributed by atoms with Crippen LogP contribution in [0.4, 0.5) is 17.2 Å². The summed E-state index contributed by atoms with van der Waals surface area (Å²) in [4.78, 5) is 20.3. The van der Waals surface area contributed by atoms with Gasteiger partial charge in [-0.25, -0.2) is 4.98 Å². The molecule has 5 rings (SSSR count). The molecule has 0 atom stereocenters. The molecule has 0 spiro atoms. The van der Waals surface area contributed by atoms with Gasteiger partial charge in [-0.2, -0.15) is 5.10 Å². The SMILES string of the molecule is CC(C)(C)c1ccc(NC(=O)c2cccnc2Nc2ccc3cn[nH]c3c2)cc1/C=C/CCN1CCCC1. The molecule has 0 radical (unpaired) electrons. The van der Waals surface area contributed by atoms with E-state index in [0.717, 1.165) is 40.8 Å². The van der Waals surface area contributed by atoms with Gasteiger partial charge in [-0.1, -0.05) is 39.0 Å². The van der Waals surface area contributed by atoms with Crippen LogP contribution in [0.3, 0.4) is 0 Å². The van der Waals surface area contributed by atoms with E-state index in [1.165, 1.54) is 31.5 Å². The van der Waals surface area contributed by atoms with Crippen LogP contribution >= 0.6 is 0 Å². The van der Waals surface area contributed by atoms with Gasteiger partial charge in [0, 0.05) is 29.5 Å². The summed E-state index contributed by atoms with van der Waals surface area (Å²) in [5.74, 6) is 0.285. The third kappa shape index (κ3) is 6.11. The van der Waals surface area contributed by atoms with Crippen LogP contribution < -0.4 is 10.6 Å². The summed E-state index contributed by atoms with van der Waals surface area (Å²) in [6.45, 7) is 10.2. The number of pyridine rings is 1. The molecule has 1 aliphatic heterocycles. The Hall–Kier alpha value is -3.97. The maximum absolute atomic E-state index is 13.4. The largest absolute Gasteiger partial charge is 0.340 e. The van der Waals surface area contributed by atoms with Gasteiger partial charge < -0.3 is 15.5 Å². The molecule has 0 saturated carbocycles. The van der Waals surface area contributed by atoms with Crippen molar-refractivity contribution in [2.24, 2.45) is 0 Å². The third-order valence-corrected chi connectivity index (χ3v) is 6.98. The molecular formula is C31H36N6O. The minimum Gasteiger partial charge on any atom is -0.340 e. The van der Waals surface area contributed by atoms with Crippen LogP contribution in [0.5, 0.6) is 0 Å². The average molecular weight is 509 g/mol. The molecule has 1 saturated heterocycles. The fourth-order valence-electron chi connectivity index (χ4n) is 4.97. The van der Waals surface area contributed by atoms with Gasteiger partial charge in [0.2, 0.25) is 0 Å². The van der Waals surface area contributed by atoms with E-state index in [2.05, 4.69) is 75.8 Å². The molecule has 1 aliphatic rings. The van der Waals surface area contributed by atoms with E-state index >= 15 is 0 Å². The van der Waals surface area contributed by atoms with E-state index in [0.29, 0.717) is 11.4 Å². The quantitative estimate of drug-likeness (QED) is 0.245. The van der Waals surface area contributed by atoms with Crippen molar-refractivity contribution < 1.29 is 4.79 Å². The molecule has 7 heteroatoms. The van der Waals surface area contributed by atoms with Crippen LogP contribution in [0, 0.1) is 0 Å². The summed E-state index contributed by atoms with van der Waals surface area (Å²) < 4.78 is 0. The molecule has 4 aromatic rings. The summed E-state index contributed by atoms with van der Waals surface area (Å²) in [7, 11) is 0. The second-order valence-corrected chi connectivity index (χ2v) is 10.9. The molecule has 0 bridgehead atoms. The lowest BCUT2D eigenvalue weighted by Crippen LogP contribution is -2.19. The zero-order valence-electron chi connectivity index (χ0n) is 22.4.